The van der Waals surface area contributed by atoms with Crippen LogP contribution in [0.2, 0.25) is 0 Å². The van der Waals surface area contributed by atoms with Gasteiger partial charge in [-0.2, -0.15) is 4.98 Å². The van der Waals surface area contributed by atoms with Crippen LogP contribution < -0.4 is 5.32 Å². The van der Waals surface area contributed by atoms with Gasteiger partial charge in [-0.15, -0.1) is 16.4 Å². The van der Waals surface area contributed by atoms with Crippen LogP contribution >= 0.6 is 23.1 Å². The Morgan fingerprint density at radius 3 is 2.79 bits per heavy atom. The lowest BCUT2D eigenvalue weighted by molar-refractivity contribution is -0.115. The Morgan fingerprint density at radius 1 is 1.18 bits per heavy atom. The topological polar surface area (TPSA) is 88.3 Å². The molecule has 1 aromatic carbocycles. The number of hydrogen-bond donors (Lipinski definition) is 1. The largest absolute Gasteiger partial charge is 0.302 e. The van der Waals surface area contributed by atoms with E-state index in [0.29, 0.717) is 16.1 Å². The number of thioether (sulfide) groups is 1. The molecular weight excluding hydrogens is 454 g/mol. The van der Waals surface area contributed by atoms with Crippen molar-refractivity contribution in [1.29, 1.82) is 0 Å². The van der Waals surface area contributed by atoms with Crippen LogP contribution in [0.3, 0.4) is 0 Å². The molecule has 0 fully saturated rings. The second-order valence-corrected chi connectivity index (χ2v) is 9.99. The molecule has 1 aliphatic heterocycles. The molecule has 33 heavy (non-hydrogen) atoms. The van der Waals surface area contributed by atoms with Crippen LogP contribution in [0, 0.1) is 13.8 Å². The summed E-state index contributed by atoms with van der Waals surface area (Å²) < 4.78 is 1.71. The molecule has 8 nitrogen and oxygen atoms in total. The number of amides is 1. The molecular formula is C23H25N7OS2. The first kappa shape index (κ1) is 22.0. The zero-order chi connectivity index (χ0) is 22.9. The molecule has 0 radical (unpaired) electrons. The Labute approximate surface area is 200 Å². The fraction of sp³-hybridized carbons (Fsp3) is 0.348. The third-order valence-corrected chi connectivity index (χ3v) is 7.39. The summed E-state index contributed by atoms with van der Waals surface area (Å²) in [6, 6.07) is 10.5. The molecule has 0 aliphatic carbocycles. The van der Waals surface area contributed by atoms with E-state index in [9.17, 15) is 4.79 Å². The van der Waals surface area contributed by atoms with Gasteiger partial charge in [0, 0.05) is 47.9 Å². The van der Waals surface area contributed by atoms with Crippen LogP contribution in [0.15, 0.2) is 35.5 Å². The fourth-order valence-electron chi connectivity index (χ4n) is 4.13. The molecule has 170 valence electrons. The number of benzene rings is 1. The van der Waals surface area contributed by atoms with E-state index in [4.69, 9.17) is 4.98 Å². The number of aryl methyl sites for hydroxylation is 2. The predicted molar refractivity (Wildman–Crippen MR) is 131 cm³/mol. The molecule has 0 spiro atoms. The number of rotatable bonds is 6. The van der Waals surface area contributed by atoms with Gasteiger partial charge in [0.1, 0.15) is 0 Å². The standard InChI is InChI=1S/C23H25N7OS2/c1-14-17(15(2)30-21(24-14)27-23(28-30)32-3)11-20(31)26-22-25-18-9-10-29(13-19(18)33-22)12-16-7-5-4-6-8-16/h4-8H,9-13H2,1-3H3,(H,25,26,31). The summed E-state index contributed by atoms with van der Waals surface area (Å²) in [6.07, 6.45) is 3.05. The molecule has 1 N–H and O–H groups in total. The summed E-state index contributed by atoms with van der Waals surface area (Å²) in [7, 11) is 0. The number of fused-ring (bicyclic) bond motifs is 2. The number of anilines is 1. The minimum atomic E-state index is -0.0974. The molecule has 1 amide bonds. The highest BCUT2D eigenvalue weighted by Crippen LogP contribution is 2.29. The quantitative estimate of drug-likeness (QED) is 0.422. The molecule has 10 heteroatoms. The number of hydrogen-bond acceptors (Lipinski definition) is 8. The van der Waals surface area contributed by atoms with Crippen molar-refractivity contribution in [2.24, 2.45) is 0 Å². The first-order valence-corrected chi connectivity index (χ1v) is 12.9. The number of carbonyl (C=O) groups is 1. The number of thiazole rings is 1. The third-order valence-electron chi connectivity index (χ3n) is 5.86. The average molecular weight is 480 g/mol. The summed E-state index contributed by atoms with van der Waals surface area (Å²) in [5, 5.41) is 8.80. The van der Waals surface area contributed by atoms with E-state index in [0.717, 1.165) is 48.7 Å². The van der Waals surface area contributed by atoms with E-state index >= 15 is 0 Å². The molecule has 3 aromatic heterocycles. The van der Waals surface area contributed by atoms with Crippen LogP contribution in [-0.4, -0.2) is 48.2 Å². The predicted octanol–water partition coefficient (Wildman–Crippen LogP) is 3.66. The van der Waals surface area contributed by atoms with Crippen LogP contribution in [0.25, 0.3) is 5.78 Å². The average Bonchev–Trinajstić information content (AvgIpc) is 3.40. The van der Waals surface area contributed by atoms with Crippen molar-refractivity contribution in [2.45, 2.75) is 44.9 Å². The summed E-state index contributed by atoms with van der Waals surface area (Å²) in [5.74, 6) is 0.464. The van der Waals surface area contributed by atoms with E-state index in [-0.39, 0.29) is 12.3 Å². The maximum absolute atomic E-state index is 12.9. The van der Waals surface area contributed by atoms with Crippen molar-refractivity contribution in [3.8, 4) is 0 Å². The Morgan fingerprint density at radius 2 is 2.00 bits per heavy atom. The van der Waals surface area contributed by atoms with Crippen LogP contribution in [0.4, 0.5) is 5.13 Å². The summed E-state index contributed by atoms with van der Waals surface area (Å²) in [5.41, 5.74) is 4.96. The number of nitrogens with zero attached hydrogens (tertiary/aromatic N) is 6. The van der Waals surface area contributed by atoms with Gasteiger partial charge in [0.25, 0.3) is 5.78 Å². The van der Waals surface area contributed by atoms with E-state index in [1.165, 1.54) is 22.2 Å². The van der Waals surface area contributed by atoms with Crippen molar-refractivity contribution in [1.82, 2.24) is 29.5 Å². The molecule has 0 saturated carbocycles. The minimum Gasteiger partial charge on any atom is -0.302 e. The lowest BCUT2D eigenvalue weighted by atomic mass is 10.1. The van der Waals surface area contributed by atoms with Crippen LogP contribution in [0.5, 0.6) is 0 Å². The van der Waals surface area contributed by atoms with Gasteiger partial charge in [0.2, 0.25) is 11.1 Å². The Hall–Kier alpha value is -2.82. The van der Waals surface area contributed by atoms with Gasteiger partial charge in [-0.25, -0.2) is 14.5 Å². The normalized spacial score (nSPS) is 13.9. The third kappa shape index (κ3) is 4.64. The first-order chi connectivity index (χ1) is 16.0. The summed E-state index contributed by atoms with van der Waals surface area (Å²) in [4.78, 5) is 30.2. The molecule has 0 saturated heterocycles. The van der Waals surface area contributed by atoms with Crippen LogP contribution in [0.1, 0.15) is 33.1 Å². The first-order valence-electron chi connectivity index (χ1n) is 10.8. The van der Waals surface area contributed by atoms with E-state index in [1.54, 1.807) is 15.9 Å². The second kappa shape index (κ2) is 9.20. The maximum Gasteiger partial charge on any atom is 0.253 e. The van der Waals surface area contributed by atoms with Crippen LogP contribution in [-0.2, 0) is 30.7 Å². The number of aromatic nitrogens is 5. The second-order valence-electron chi connectivity index (χ2n) is 8.13. The van der Waals surface area contributed by atoms with E-state index < -0.39 is 0 Å². The number of carbonyl (C=O) groups excluding carboxylic acids is 1. The maximum atomic E-state index is 12.9. The van der Waals surface area contributed by atoms with Crippen molar-refractivity contribution in [2.75, 3.05) is 18.1 Å². The monoisotopic (exact) mass is 479 g/mol. The van der Waals surface area contributed by atoms with Gasteiger partial charge in [0.05, 0.1) is 12.1 Å². The molecule has 0 unspecified atom stereocenters. The smallest absolute Gasteiger partial charge is 0.253 e. The van der Waals surface area contributed by atoms with Crippen molar-refractivity contribution < 1.29 is 4.79 Å². The molecule has 0 atom stereocenters. The Kier molecular flexibility index (Phi) is 6.13. The van der Waals surface area contributed by atoms with E-state index in [1.807, 2.05) is 26.2 Å². The zero-order valence-electron chi connectivity index (χ0n) is 18.8. The van der Waals surface area contributed by atoms with Gasteiger partial charge >= 0.3 is 0 Å². The van der Waals surface area contributed by atoms with Gasteiger partial charge in [-0.05, 0) is 25.7 Å². The fourth-order valence-corrected chi connectivity index (χ4v) is 5.54. The van der Waals surface area contributed by atoms with Gasteiger partial charge in [-0.1, -0.05) is 42.1 Å². The lowest BCUT2D eigenvalue weighted by Gasteiger charge is -2.25. The summed E-state index contributed by atoms with van der Waals surface area (Å²) >= 11 is 3.05. The van der Waals surface area contributed by atoms with Crippen molar-refractivity contribution in [3.63, 3.8) is 0 Å². The Bertz CT molecular complexity index is 1320. The van der Waals surface area contributed by atoms with Gasteiger partial charge in [-0.3, -0.25) is 9.69 Å². The highest BCUT2D eigenvalue weighted by atomic mass is 32.2. The number of nitrogens with one attached hydrogen (secondary N) is 1. The lowest BCUT2D eigenvalue weighted by Crippen LogP contribution is -2.29. The molecule has 4 aromatic rings. The molecule has 4 heterocycles. The van der Waals surface area contributed by atoms with Crippen molar-refractivity contribution >= 4 is 39.9 Å². The molecule has 5 rings (SSSR count). The molecule has 1 aliphatic rings. The minimum absolute atomic E-state index is 0.0974. The van der Waals surface area contributed by atoms with Gasteiger partial charge < -0.3 is 5.32 Å². The summed E-state index contributed by atoms with van der Waals surface area (Å²) in [6.45, 7) is 6.62. The van der Waals surface area contributed by atoms with Gasteiger partial charge in [0.15, 0.2) is 5.13 Å². The van der Waals surface area contributed by atoms with E-state index in [2.05, 4.69) is 49.5 Å². The Balaban J connectivity index is 1.27. The zero-order valence-corrected chi connectivity index (χ0v) is 20.5. The molecule has 0 bridgehead atoms. The van der Waals surface area contributed by atoms with Crippen molar-refractivity contribution in [3.05, 3.63) is 63.4 Å². The SMILES string of the molecule is CSc1nc2nc(C)c(CC(=O)Nc3nc4c(s3)CN(Cc3ccccc3)CC4)c(C)n2n1. The highest BCUT2D eigenvalue weighted by Gasteiger charge is 2.22. The highest BCUT2D eigenvalue weighted by molar-refractivity contribution is 7.98.